The number of nitrogens with zero attached hydrogens (tertiary/aromatic N) is 2. The first kappa shape index (κ1) is 11.3. The van der Waals surface area contributed by atoms with Crippen molar-refractivity contribution in [2.45, 2.75) is 13.3 Å². The molecule has 92 valence electrons. The lowest BCUT2D eigenvalue weighted by Crippen LogP contribution is -1.93. The summed E-state index contributed by atoms with van der Waals surface area (Å²) in [6.45, 7) is 1.88. The summed E-state index contributed by atoms with van der Waals surface area (Å²) in [4.78, 5) is 11.2. The molecule has 0 radical (unpaired) electrons. The smallest absolute Gasteiger partial charge is 0.156 e. The Balaban J connectivity index is 2.53. The van der Waals surface area contributed by atoms with E-state index in [1.807, 2.05) is 6.92 Å². The quantitative estimate of drug-likeness (QED) is 0.685. The first-order valence-corrected chi connectivity index (χ1v) is 5.80. The van der Waals surface area contributed by atoms with Gasteiger partial charge in [-0.2, -0.15) is 0 Å². The van der Waals surface area contributed by atoms with Gasteiger partial charge in [0, 0.05) is 12.5 Å². The van der Waals surface area contributed by atoms with Gasteiger partial charge in [0.15, 0.2) is 5.15 Å². The highest BCUT2D eigenvalue weighted by atomic mass is 35.5. The number of benzene rings is 1. The maximum absolute atomic E-state index is 13.8. The van der Waals surface area contributed by atoms with Crippen LogP contribution in [0.15, 0.2) is 12.1 Å². The Labute approximate surface area is 106 Å². The molecule has 0 spiro atoms. The number of fused-ring (bicyclic) bond motifs is 3. The fourth-order valence-corrected chi connectivity index (χ4v) is 2.21. The second-order valence-corrected chi connectivity index (χ2v) is 4.30. The molecule has 2 aromatic heterocycles. The minimum Gasteiger partial charge on any atom is -0.350 e. The first-order chi connectivity index (χ1) is 8.60. The zero-order valence-electron chi connectivity index (χ0n) is 9.39. The maximum atomic E-state index is 13.8. The van der Waals surface area contributed by atoms with Crippen LogP contribution in [0, 0.1) is 11.6 Å². The molecule has 18 heavy (non-hydrogen) atoms. The number of aryl methyl sites for hydroxylation is 1. The zero-order valence-corrected chi connectivity index (χ0v) is 10.1. The molecule has 6 heteroatoms. The van der Waals surface area contributed by atoms with E-state index in [4.69, 9.17) is 11.6 Å². The third-order valence-electron chi connectivity index (χ3n) is 2.78. The predicted molar refractivity (Wildman–Crippen MR) is 65.7 cm³/mol. The molecule has 2 heterocycles. The number of hydrogen-bond donors (Lipinski definition) is 1. The number of H-pyrrole nitrogens is 1. The van der Waals surface area contributed by atoms with Crippen molar-refractivity contribution in [2.24, 2.45) is 0 Å². The van der Waals surface area contributed by atoms with Gasteiger partial charge in [-0.15, -0.1) is 0 Å². The van der Waals surface area contributed by atoms with E-state index in [1.165, 1.54) is 6.07 Å². The molecule has 0 amide bonds. The third kappa shape index (κ3) is 1.54. The van der Waals surface area contributed by atoms with E-state index in [-0.39, 0.29) is 10.5 Å². The molecule has 1 aromatic carbocycles. The molecular weight excluding hydrogens is 260 g/mol. The van der Waals surface area contributed by atoms with Crippen molar-refractivity contribution in [3.8, 4) is 0 Å². The Morgan fingerprint density at radius 1 is 1.28 bits per heavy atom. The highest BCUT2D eigenvalue weighted by molar-refractivity contribution is 6.34. The molecule has 0 aliphatic heterocycles. The predicted octanol–water partition coefficient (Wildman–Crippen LogP) is 3.61. The van der Waals surface area contributed by atoms with E-state index in [2.05, 4.69) is 15.0 Å². The summed E-state index contributed by atoms with van der Waals surface area (Å²) < 4.78 is 27.0. The van der Waals surface area contributed by atoms with E-state index in [0.29, 0.717) is 28.8 Å². The fraction of sp³-hybridized carbons (Fsp3) is 0.167. The molecule has 0 saturated carbocycles. The monoisotopic (exact) mass is 267 g/mol. The molecular formula is C12H8ClF2N3. The van der Waals surface area contributed by atoms with E-state index < -0.39 is 11.6 Å². The minimum absolute atomic E-state index is 0.216. The van der Waals surface area contributed by atoms with Crippen LogP contribution in [0.5, 0.6) is 0 Å². The number of aromatic nitrogens is 3. The molecule has 0 aliphatic carbocycles. The molecule has 0 atom stereocenters. The van der Waals surface area contributed by atoms with Gasteiger partial charge in [-0.25, -0.2) is 18.7 Å². The summed E-state index contributed by atoms with van der Waals surface area (Å²) in [7, 11) is 0. The summed E-state index contributed by atoms with van der Waals surface area (Å²) in [5, 5.41) is 0.457. The Kier molecular flexibility index (Phi) is 2.45. The van der Waals surface area contributed by atoms with Gasteiger partial charge in [-0.3, -0.25) is 0 Å². The minimum atomic E-state index is -0.659. The average Bonchev–Trinajstić information content (AvgIpc) is 2.67. The number of halogens is 3. The van der Waals surface area contributed by atoms with E-state index in [1.54, 1.807) is 0 Å². The van der Waals surface area contributed by atoms with Crippen LogP contribution in [0.4, 0.5) is 8.78 Å². The highest BCUT2D eigenvalue weighted by Gasteiger charge is 2.15. The molecule has 3 rings (SSSR count). The van der Waals surface area contributed by atoms with Gasteiger partial charge in [0.25, 0.3) is 0 Å². The number of rotatable bonds is 1. The van der Waals surface area contributed by atoms with Crippen LogP contribution in [0.2, 0.25) is 5.15 Å². The lowest BCUT2D eigenvalue weighted by Gasteiger charge is -1.98. The van der Waals surface area contributed by atoms with Gasteiger partial charge < -0.3 is 4.98 Å². The van der Waals surface area contributed by atoms with Crippen LogP contribution in [0.1, 0.15) is 12.7 Å². The molecule has 1 N–H and O–H groups in total. The van der Waals surface area contributed by atoms with Gasteiger partial charge in [-0.1, -0.05) is 18.5 Å². The van der Waals surface area contributed by atoms with E-state index in [0.717, 1.165) is 6.07 Å². The van der Waals surface area contributed by atoms with Crippen LogP contribution in [0.3, 0.4) is 0 Å². The Morgan fingerprint density at radius 2 is 2.06 bits per heavy atom. The Hall–Kier alpha value is -1.75. The van der Waals surface area contributed by atoms with Crippen molar-refractivity contribution in [1.82, 2.24) is 15.0 Å². The zero-order chi connectivity index (χ0) is 12.9. The van der Waals surface area contributed by atoms with Crippen LogP contribution < -0.4 is 0 Å². The van der Waals surface area contributed by atoms with Crippen molar-refractivity contribution in [2.75, 3.05) is 0 Å². The van der Waals surface area contributed by atoms with Gasteiger partial charge in [-0.05, 0) is 6.07 Å². The van der Waals surface area contributed by atoms with Crippen molar-refractivity contribution in [3.63, 3.8) is 0 Å². The third-order valence-corrected chi connectivity index (χ3v) is 3.05. The van der Waals surface area contributed by atoms with Crippen molar-refractivity contribution in [1.29, 1.82) is 0 Å². The van der Waals surface area contributed by atoms with Crippen LogP contribution in [-0.4, -0.2) is 15.0 Å². The summed E-state index contributed by atoms with van der Waals surface area (Å²) in [6.07, 6.45) is 0.588. The molecule has 3 aromatic rings. The summed E-state index contributed by atoms with van der Waals surface area (Å²) in [5.74, 6) is -0.781. The van der Waals surface area contributed by atoms with Crippen LogP contribution in [-0.2, 0) is 6.42 Å². The topological polar surface area (TPSA) is 41.6 Å². The molecule has 0 bridgehead atoms. The van der Waals surface area contributed by atoms with E-state index in [9.17, 15) is 8.78 Å². The number of aromatic amines is 1. The number of nitrogens with one attached hydrogen (secondary N) is 1. The summed E-state index contributed by atoms with van der Waals surface area (Å²) in [6, 6.07) is 2.04. The first-order valence-electron chi connectivity index (χ1n) is 5.43. The molecule has 0 saturated heterocycles. The fourth-order valence-electron chi connectivity index (χ4n) is 1.97. The largest absolute Gasteiger partial charge is 0.350 e. The van der Waals surface area contributed by atoms with Crippen LogP contribution in [0.25, 0.3) is 21.9 Å². The van der Waals surface area contributed by atoms with Gasteiger partial charge in [0.1, 0.15) is 28.5 Å². The standard InChI is InChI=1S/C12H8ClF2N3/c1-2-8-17-10-9-6(15)3-5(14)4-7(9)16-11(10)12(13)18-8/h3-4,16H,2H2,1H3. The Morgan fingerprint density at radius 3 is 2.78 bits per heavy atom. The summed E-state index contributed by atoms with van der Waals surface area (Å²) in [5.41, 5.74) is 1.14. The molecule has 0 aliphatic rings. The van der Waals surface area contributed by atoms with E-state index >= 15 is 0 Å². The van der Waals surface area contributed by atoms with Gasteiger partial charge >= 0.3 is 0 Å². The molecule has 3 nitrogen and oxygen atoms in total. The SMILES string of the molecule is CCc1nc(Cl)c2[nH]c3cc(F)cc(F)c3c2n1. The Bertz CT molecular complexity index is 767. The van der Waals surface area contributed by atoms with Crippen molar-refractivity contribution < 1.29 is 8.78 Å². The second kappa shape index (κ2) is 3.88. The number of hydrogen-bond acceptors (Lipinski definition) is 2. The van der Waals surface area contributed by atoms with Gasteiger partial charge in [0.2, 0.25) is 0 Å². The summed E-state index contributed by atoms with van der Waals surface area (Å²) >= 11 is 6.01. The lowest BCUT2D eigenvalue weighted by molar-refractivity contribution is 0.592. The normalized spacial score (nSPS) is 11.6. The molecule has 0 fully saturated rings. The van der Waals surface area contributed by atoms with Crippen molar-refractivity contribution in [3.05, 3.63) is 34.7 Å². The van der Waals surface area contributed by atoms with Gasteiger partial charge in [0.05, 0.1) is 10.9 Å². The maximum Gasteiger partial charge on any atom is 0.156 e. The lowest BCUT2D eigenvalue weighted by atomic mass is 10.2. The van der Waals surface area contributed by atoms with Crippen LogP contribution >= 0.6 is 11.6 Å². The molecule has 0 unspecified atom stereocenters. The second-order valence-electron chi connectivity index (χ2n) is 3.94. The highest BCUT2D eigenvalue weighted by Crippen LogP contribution is 2.30. The average molecular weight is 268 g/mol. The van der Waals surface area contributed by atoms with Crippen molar-refractivity contribution >= 4 is 33.5 Å².